The van der Waals surface area contributed by atoms with Crippen molar-refractivity contribution in [2.45, 2.75) is 52.5 Å². The van der Waals surface area contributed by atoms with Crippen LogP contribution in [0.2, 0.25) is 0 Å². The van der Waals surface area contributed by atoms with Crippen LogP contribution in [0.3, 0.4) is 0 Å². The van der Waals surface area contributed by atoms with Crippen LogP contribution in [-0.4, -0.2) is 15.5 Å². The molecule has 18 heavy (non-hydrogen) atoms. The molecule has 0 bridgehead atoms. The SMILES string of the molecule is Cc1cc(C)c2nc(C(C)(C)C(C)(C)N)[nH]c2c1. The predicted molar refractivity (Wildman–Crippen MR) is 76.9 cm³/mol. The summed E-state index contributed by atoms with van der Waals surface area (Å²) in [4.78, 5) is 8.19. The minimum atomic E-state index is -0.330. The summed E-state index contributed by atoms with van der Waals surface area (Å²) in [5.74, 6) is 0.957. The smallest absolute Gasteiger partial charge is 0.114 e. The molecule has 3 heteroatoms. The first kappa shape index (κ1) is 13.1. The van der Waals surface area contributed by atoms with Crippen molar-refractivity contribution in [2.24, 2.45) is 5.73 Å². The van der Waals surface area contributed by atoms with E-state index in [0.717, 1.165) is 16.9 Å². The first-order valence-corrected chi connectivity index (χ1v) is 6.39. The first-order valence-electron chi connectivity index (χ1n) is 6.39. The molecule has 0 saturated carbocycles. The van der Waals surface area contributed by atoms with Gasteiger partial charge in [-0.1, -0.05) is 19.9 Å². The summed E-state index contributed by atoms with van der Waals surface area (Å²) >= 11 is 0. The zero-order valence-electron chi connectivity index (χ0n) is 12.2. The third-order valence-corrected chi connectivity index (χ3v) is 4.12. The van der Waals surface area contributed by atoms with E-state index in [9.17, 15) is 0 Å². The van der Waals surface area contributed by atoms with Gasteiger partial charge in [0, 0.05) is 11.0 Å². The summed E-state index contributed by atoms with van der Waals surface area (Å²) in [6, 6.07) is 4.30. The van der Waals surface area contributed by atoms with Crippen LogP contribution >= 0.6 is 0 Å². The van der Waals surface area contributed by atoms with Crippen LogP contribution < -0.4 is 5.73 Å². The Morgan fingerprint density at radius 3 is 2.28 bits per heavy atom. The van der Waals surface area contributed by atoms with Crippen LogP contribution in [0.5, 0.6) is 0 Å². The van der Waals surface area contributed by atoms with Crippen molar-refractivity contribution in [3.63, 3.8) is 0 Å². The highest BCUT2D eigenvalue weighted by atomic mass is 15.0. The van der Waals surface area contributed by atoms with Gasteiger partial charge in [-0.25, -0.2) is 4.98 Å². The van der Waals surface area contributed by atoms with Crippen molar-refractivity contribution in [3.8, 4) is 0 Å². The molecule has 0 aliphatic carbocycles. The van der Waals surface area contributed by atoms with Gasteiger partial charge in [0.25, 0.3) is 0 Å². The van der Waals surface area contributed by atoms with E-state index < -0.39 is 0 Å². The van der Waals surface area contributed by atoms with Gasteiger partial charge in [0.05, 0.1) is 11.0 Å². The second-order valence-electron chi connectivity index (χ2n) is 6.41. The number of hydrogen-bond donors (Lipinski definition) is 2. The monoisotopic (exact) mass is 245 g/mol. The highest BCUT2D eigenvalue weighted by Crippen LogP contribution is 2.32. The number of nitrogens with one attached hydrogen (secondary N) is 1. The van der Waals surface area contributed by atoms with Crippen LogP contribution in [0.1, 0.15) is 44.6 Å². The normalized spacial score (nSPS) is 13.3. The van der Waals surface area contributed by atoms with E-state index in [2.05, 4.69) is 44.8 Å². The minimum absolute atomic E-state index is 0.202. The molecule has 0 radical (unpaired) electrons. The molecule has 98 valence electrons. The number of fused-ring (bicyclic) bond motifs is 1. The van der Waals surface area contributed by atoms with Crippen LogP contribution in [0, 0.1) is 13.8 Å². The van der Waals surface area contributed by atoms with Crippen molar-refractivity contribution < 1.29 is 0 Å². The van der Waals surface area contributed by atoms with Gasteiger partial charge in [-0.2, -0.15) is 0 Å². The van der Waals surface area contributed by atoms with Gasteiger partial charge in [0.15, 0.2) is 0 Å². The van der Waals surface area contributed by atoms with Gasteiger partial charge in [0.2, 0.25) is 0 Å². The lowest BCUT2D eigenvalue weighted by Crippen LogP contribution is -2.50. The fraction of sp³-hybridized carbons (Fsp3) is 0.533. The zero-order chi connectivity index (χ0) is 13.7. The fourth-order valence-corrected chi connectivity index (χ4v) is 2.07. The van der Waals surface area contributed by atoms with Crippen LogP contribution in [0.25, 0.3) is 11.0 Å². The molecule has 0 spiro atoms. The fourth-order valence-electron chi connectivity index (χ4n) is 2.07. The molecule has 3 nitrogen and oxygen atoms in total. The van der Waals surface area contributed by atoms with Gasteiger partial charge in [0.1, 0.15) is 5.82 Å². The van der Waals surface area contributed by atoms with E-state index in [0.29, 0.717) is 0 Å². The maximum atomic E-state index is 6.28. The van der Waals surface area contributed by atoms with E-state index in [1.165, 1.54) is 11.1 Å². The Labute approximate surface area is 109 Å². The van der Waals surface area contributed by atoms with Gasteiger partial charge in [-0.15, -0.1) is 0 Å². The third-order valence-electron chi connectivity index (χ3n) is 4.12. The van der Waals surface area contributed by atoms with Crippen molar-refractivity contribution in [1.82, 2.24) is 9.97 Å². The number of benzene rings is 1. The van der Waals surface area contributed by atoms with Gasteiger partial charge in [-0.05, 0) is 44.9 Å². The summed E-state index contributed by atoms with van der Waals surface area (Å²) in [5.41, 5.74) is 10.3. The Bertz CT molecular complexity index is 586. The predicted octanol–water partition coefficient (Wildman–Crippen LogP) is 3.19. The zero-order valence-corrected chi connectivity index (χ0v) is 12.2. The van der Waals surface area contributed by atoms with Gasteiger partial charge in [-0.3, -0.25) is 0 Å². The Balaban J connectivity index is 2.65. The minimum Gasteiger partial charge on any atom is -0.341 e. The number of imidazole rings is 1. The Morgan fingerprint density at radius 1 is 1.11 bits per heavy atom. The number of aromatic nitrogens is 2. The molecule has 0 aliphatic heterocycles. The molecular weight excluding hydrogens is 222 g/mol. The molecular formula is C15H23N3. The summed E-state index contributed by atoms with van der Waals surface area (Å²) in [5, 5.41) is 0. The second-order valence-corrected chi connectivity index (χ2v) is 6.41. The highest BCUT2D eigenvalue weighted by molar-refractivity contribution is 5.79. The average Bonchev–Trinajstić information content (AvgIpc) is 2.59. The molecule has 0 atom stereocenters. The van der Waals surface area contributed by atoms with Crippen molar-refractivity contribution in [3.05, 3.63) is 29.1 Å². The molecule has 2 rings (SSSR count). The highest BCUT2D eigenvalue weighted by Gasteiger charge is 2.37. The van der Waals surface area contributed by atoms with E-state index >= 15 is 0 Å². The Morgan fingerprint density at radius 2 is 1.72 bits per heavy atom. The van der Waals surface area contributed by atoms with E-state index in [-0.39, 0.29) is 11.0 Å². The molecule has 1 aromatic heterocycles. The van der Waals surface area contributed by atoms with Crippen molar-refractivity contribution >= 4 is 11.0 Å². The number of aromatic amines is 1. The van der Waals surface area contributed by atoms with E-state index in [1.807, 2.05) is 13.8 Å². The number of aryl methyl sites for hydroxylation is 2. The van der Waals surface area contributed by atoms with Crippen molar-refractivity contribution in [2.75, 3.05) is 0 Å². The van der Waals surface area contributed by atoms with Crippen LogP contribution in [0.15, 0.2) is 12.1 Å². The summed E-state index contributed by atoms with van der Waals surface area (Å²) < 4.78 is 0. The standard InChI is InChI=1S/C15H23N3/c1-9-7-10(2)12-11(8-9)17-13(18-12)14(3,4)15(5,6)16/h7-8H,16H2,1-6H3,(H,17,18). The summed E-state index contributed by atoms with van der Waals surface area (Å²) in [7, 11) is 0. The van der Waals surface area contributed by atoms with Gasteiger partial charge >= 0.3 is 0 Å². The maximum absolute atomic E-state index is 6.28. The first-order chi connectivity index (χ1) is 8.13. The second kappa shape index (κ2) is 3.82. The molecule has 3 N–H and O–H groups in total. The molecule has 0 amide bonds. The number of rotatable bonds is 2. The topological polar surface area (TPSA) is 54.7 Å². The quantitative estimate of drug-likeness (QED) is 0.853. The van der Waals surface area contributed by atoms with E-state index in [4.69, 9.17) is 10.7 Å². The van der Waals surface area contributed by atoms with Crippen LogP contribution in [-0.2, 0) is 5.41 Å². The van der Waals surface area contributed by atoms with Crippen LogP contribution in [0.4, 0.5) is 0 Å². The van der Waals surface area contributed by atoms with Crippen molar-refractivity contribution in [1.29, 1.82) is 0 Å². The number of H-pyrrole nitrogens is 1. The molecule has 0 fully saturated rings. The molecule has 0 unspecified atom stereocenters. The lowest BCUT2D eigenvalue weighted by molar-refractivity contribution is 0.293. The molecule has 1 aromatic carbocycles. The molecule has 1 heterocycles. The molecule has 0 aliphatic rings. The lowest BCUT2D eigenvalue weighted by atomic mass is 9.74. The number of nitrogens with zero attached hydrogens (tertiary/aromatic N) is 1. The van der Waals surface area contributed by atoms with Gasteiger partial charge < -0.3 is 10.7 Å². The number of nitrogens with two attached hydrogens (primary N) is 1. The molecule has 0 saturated heterocycles. The molecule has 2 aromatic rings. The summed E-state index contributed by atoms with van der Waals surface area (Å²) in [6.45, 7) is 12.5. The summed E-state index contributed by atoms with van der Waals surface area (Å²) in [6.07, 6.45) is 0. The maximum Gasteiger partial charge on any atom is 0.114 e. The van der Waals surface area contributed by atoms with E-state index in [1.54, 1.807) is 0 Å². The third kappa shape index (κ3) is 1.93. The average molecular weight is 245 g/mol. The Hall–Kier alpha value is -1.35. The Kier molecular flexibility index (Phi) is 2.78. The largest absolute Gasteiger partial charge is 0.341 e. The lowest BCUT2D eigenvalue weighted by Gasteiger charge is -2.36. The number of hydrogen-bond acceptors (Lipinski definition) is 2.